The second-order valence-electron chi connectivity index (χ2n) is 6.07. The Bertz CT molecular complexity index is 984. The zero-order valence-electron chi connectivity index (χ0n) is 13.0. The summed E-state index contributed by atoms with van der Waals surface area (Å²) in [7, 11) is 0. The Morgan fingerprint density at radius 2 is 2.08 bits per heavy atom. The Morgan fingerprint density at radius 3 is 3.00 bits per heavy atom. The minimum Gasteiger partial charge on any atom is -0.459 e. The number of nitrogens with one attached hydrogen (secondary N) is 1. The van der Waals surface area contributed by atoms with Crippen molar-refractivity contribution in [2.75, 3.05) is 6.54 Å². The fraction of sp³-hybridized carbons (Fsp3) is 0.222. The summed E-state index contributed by atoms with van der Waals surface area (Å²) in [5, 5.41) is 9.52. The number of rotatable bonds is 3. The molecule has 6 nitrogen and oxygen atoms in total. The van der Waals surface area contributed by atoms with E-state index in [1.165, 1.54) is 22.2 Å². The maximum atomic E-state index is 5.72. The summed E-state index contributed by atoms with van der Waals surface area (Å²) in [6.07, 6.45) is 2.60. The molecular weight excluding hydrogens is 304 g/mol. The van der Waals surface area contributed by atoms with Crippen LogP contribution in [-0.2, 0) is 19.5 Å². The van der Waals surface area contributed by atoms with Crippen LogP contribution in [-0.4, -0.2) is 26.6 Å². The predicted octanol–water partition coefficient (Wildman–Crippen LogP) is 3.37. The van der Waals surface area contributed by atoms with E-state index in [2.05, 4.69) is 44.3 Å². The lowest BCUT2D eigenvalue weighted by atomic mass is 10.0. The van der Waals surface area contributed by atoms with Crippen LogP contribution in [0.5, 0.6) is 0 Å². The monoisotopic (exact) mass is 320 g/mol. The van der Waals surface area contributed by atoms with Gasteiger partial charge in [-0.15, -0.1) is 10.2 Å². The lowest BCUT2D eigenvalue weighted by molar-refractivity contribution is 0.222. The molecule has 0 amide bonds. The van der Waals surface area contributed by atoms with Crippen molar-refractivity contribution in [2.45, 2.75) is 19.5 Å². The van der Waals surface area contributed by atoms with Crippen molar-refractivity contribution in [2.24, 2.45) is 0 Å². The van der Waals surface area contributed by atoms with E-state index in [0.29, 0.717) is 24.1 Å². The van der Waals surface area contributed by atoms with Crippen LogP contribution in [0.1, 0.15) is 17.1 Å². The number of aromatic nitrogens is 3. The molecule has 1 N–H and O–H groups in total. The standard InChI is InChI=1S/C18H16N4O2/c1-2-5-14-12(4-1)13-10-22(8-7-15(13)19-14)11-17-20-21-18(24-17)16-6-3-9-23-16/h1-6,9,19H,7-8,10-11H2. The predicted molar refractivity (Wildman–Crippen MR) is 88.1 cm³/mol. The van der Waals surface area contributed by atoms with Gasteiger partial charge in [-0.3, -0.25) is 4.90 Å². The maximum Gasteiger partial charge on any atom is 0.283 e. The third kappa shape index (κ3) is 2.23. The van der Waals surface area contributed by atoms with Gasteiger partial charge in [0.2, 0.25) is 5.89 Å². The Balaban J connectivity index is 1.38. The molecule has 0 bridgehead atoms. The topological polar surface area (TPSA) is 71.1 Å². The summed E-state index contributed by atoms with van der Waals surface area (Å²) >= 11 is 0. The van der Waals surface area contributed by atoms with E-state index in [1.54, 1.807) is 6.26 Å². The Hall–Kier alpha value is -2.86. The van der Waals surface area contributed by atoms with Gasteiger partial charge < -0.3 is 13.8 Å². The molecule has 120 valence electrons. The maximum absolute atomic E-state index is 5.72. The zero-order chi connectivity index (χ0) is 15.9. The van der Waals surface area contributed by atoms with Gasteiger partial charge in [0.25, 0.3) is 5.89 Å². The number of nitrogens with zero attached hydrogens (tertiary/aromatic N) is 3. The molecular formula is C18H16N4O2. The van der Waals surface area contributed by atoms with E-state index in [0.717, 1.165) is 19.5 Å². The second kappa shape index (κ2) is 5.35. The molecule has 0 radical (unpaired) electrons. The summed E-state index contributed by atoms with van der Waals surface area (Å²) in [6, 6.07) is 12.1. The number of hydrogen-bond acceptors (Lipinski definition) is 5. The molecule has 6 heteroatoms. The highest BCUT2D eigenvalue weighted by molar-refractivity contribution is 5.84. The molecule has 5 rings (SSSR count). The molecule has 4 heterocycles. The van der Waals surface area contributed by atoms with E-state index >= 15 is 0 Å². The SMILES string of the molecule is c1coc(-c2nnc(CN3CCc4[nH]c5ccccc5c4C3)o2)c1. The van der Waals surface area contributed by atoms with Crippen LogP contribution in [0.4, 0.5) is 0 Å². The summed E-state index contributed by atoms with van der Waals surface area (Å²) in [6.45, 7) is 2.50. The van der Waals surface area contributed by atoms with Gasteiger partial charge in [0.15, 0.2) is 5.76 Å². The van der Waals surface area contributed by atoms with E-state index < -0.39 is 0 Å². The van der Waals surface area contributed by atoms with Crippen molar-refractivity contribution in [3.05, 3.63) is 59.8 Å². The van der Waals surface area contributed by atoms with Crippen LogP contribution in [0, 0.1) is 0 Å². The number of H-pyrrole nitrogens is 1. The van der Waals surface area contributed by atoms with Crippen LogP contribution >= 0.6 is 0 Å². The number of hydrogen-bond donors (Lipinski definition) is 1. The van der Waals surface area contributed by atoms with Gasteiger partial charge >= 0.3 is 0 Å². The highest BCUT2D eigenvalue weighted by Gasteiger charge is 2.22. The van der Waals surface area contributed by atoms with Crippen molar-refractivity contribution in [1.29, 1.82) is 0 Å². The summed E-state index contributed by atoms with van der Waals surface area (Å²) in [5.41, 5.74) is 3.93. The van der Waals surface area contributed by atoms with Crippen molar-refractivity contribution >= 4 is 10.9 Å². The number of furan rings is 1. The highest BCUT2D eigenvalue weighted by Crippen LogP contribution is 2.28. The second-order valence-corrected chi connectivity index (χ2v) is 6.07. The van der Waals surface area contributed by atoms with E-state index in [-0.39, 0.29) is 0 Å². The minimum atomic E-state index is 0.430. The number of benzene rings is 1. The van der Waals surface area contributed by atoms with Crippen molar-refractivity contribution in [3.63, 3.8) is 0 Å². The van der Waals surface area contributed by atoms with E-state index in [9.17, 15) is 0 Å². The molecule has 1 aliphatic rings. The van der Waals surface area contributed by atoms with Crippen molar-refractivity contribution < 1.29 is 8.83 Å². The first-order valence-electron chi connectivity index (χ1n) is 8.04. The first-order valence-corrected chi connectivity index (χ1v) is 8.04. The lowest BCUT2D eigenvalue weighted by Gasteiger charge is -2.25. The van der Waals surface area contributed by atoms with Gasteiger partial charge in [-0.05, 0) is 23.8 Å². The highest BCUT2D eigenvalue weighted by atomic mass is 16.4. The molecule has 0 saturated carbocycles. The Kier molecular flexibility index (Phi) is 3.02. The first kappa shape index (κ1) is 13.6. The Morgan fingerprint density at radius 1 is 1.12 bits per heavy atom. The molecule has 0 unspecified atom stereocenters. The molecule has 0 atom stereocenters. The van der Waals surface area contributed by atoms with Crippen molar-refractivity contribution in [3.8, 4) is 11.7 Å². The molecule has 1 aromatic carbocycles. The largest absolute Gasteiger partial charge is 0.459 e. The van der Waals surface area contributed by atoms with Crippen LogP contribution in [0.2, 0.25) is 0 Å². The quantitative estimate of drug-likeness (QED) is 0.626. The van der Waals surface area contributed by atoms with Gasteiger partial charge in [-0.1, -0.05) is 18.2 Å². The molecule has 0 aliphatic carbocycles. The molecule has 4 aromatic rings. The summed E-state index contributed by atoms with van der Waals surface area (Å²) in [4.78, 5) is 5.87. The normalized spacial score (nSPS) is 15.0. The van der Waals surface area contributed by atoms with E-state index in [4.69, 9.17) is 8.83 Å². The van der Waals surface area contributed by atoms with Crippen LogP contribution < -0.4 is 0 Å². The third-order valence-corrected chi connectivity index (χ3v) is 4.52. The summed E-state index contributed by atoms with van der Waals surface area (Å²) in [5.74, 6) is 1.65. The molecule has 0 spiro atoms. The molecule has 3 aromatic heterocycles. The van der Waals surface area contributed by atoms with Gasteiger partial charge in [0.1, 0.15) is 0 Å². The van der Waals surface area contributed by atoms with Crippen LogP contribution in [0.3, 0.4) is 0 Å². The van der Waals surface area contributed by atoms with Crippen LogP contribution in [0.25, 0.3) is 22.6 Å². The molecule has 0 fully saturated rings. The van der Waals surface area contributed by atoms with Gasteiger partial charge in [-0.25, -0.2) is 0 Å². The fourth-order valence-electron chi connectivity index (χ4n) is 3.37. The number of fused-ring (bicyclic) bond motifs is 3. The summed E-state index contributed by atoms with van der Waals surface area (Å²) < 4.78 is 11.0. The lowest BCUT2D eigenvalue weighted by Crippen LogP contribution is -2.29. The van der Waals surface area contributed by atoms with Gasteiger partial charge in [-0.2, -0.15) is 0 Å². The fourth-order valence-corrected chi connectivity index (χ4v) is 3.37. The average molecular weight is 320 g/mol. The van der Waals surface area contributed by atoms with Gasteiger partial charge in [0.05, 0.1) is 12.8 Å². The first-order chi connectivity index (χ1) is 11.9. The Labute approximate surface area is 138 Å². The van der Waals surface area contributed by atoms with Crippen molar-refractivity contribution in [1.82, 2.24) is 20.1 Å². The average Bonchev–Trinajstić information content (AvgIpc) is 3.34. The van der Waals surface area contributed by atoms with Gasteiger partial charge in [0, 0.05) is 36.1 Å². The van der Waals surface area contributed by atoms with E-state index in [1.807, 2.05) is 12.1 Å². The molecule has 0 saturated heterocycles. The third-order valence-electron chi connectivity index (χ3n) is 4.52. The van der Waals surface area contributed by atoms with Crippen LogP contribution in [0.15, 0.2) is 51.5 Å². The zero-order valence-corrected chi connectivity index (χ0v) is 13.0. The smallest absolute Gasteiger partial charge is 0.283 e. The minimum absolute atomic E-state index is 0.430. The number of para-hydroxylation sites is 1. The molecule has 24 heavy (non-hydrogen) atoms. The number of aromatic amines is 1. The molecule has 1 aliphatic heterocycles.